The van der Waals surface area contributed by atoms with Crippen molar-refractivity contribution < 1.29 is 13.3 Å². The third-order valence-corrected chi connectivity index (χ3v) is 5.30. The molecule has 0 fully saturated rings. The van der Waals surface area contributed by atoms with E-state index in [-0.39, 0.29) is 10.6 Å². The molecule has 0 aliphatic rings. The van der Waals surface area contributed by atoms with E-state index in [2.05, 4.69) is 15.4 Å². The third-order valence-electron chi connectivity index (χ3n) is 4.39. The molecule has 2 aromatic carbocycles. The minimum absolute atomic E-state index is 0.0920. The van der Waals surface area contributed by atoms with Crippen molar-refractivity contribution in [1.82, 2.24) is 14.8 Å². The number of anilines is 2. The van der Waals surface area contributed by atoms with Crippen LogP contribution in [0.3, 0.4) is 0 Å². The lowest BCUT2D eigenvalue weighted by Gasteiger charge is -2.11. The van der Waals surface area contributed by atoms with E-state index in [9.17, 15) is 18.5 Å². The number of sulfonamides is 1. The van der Waals surface area contributed by atoms with Gasteiger partial charge in [-0.15, -0.1) is 0 Å². The number of pyridine rings is 1. The number of nitrogens with two attached hydrogens (primary N) is 1. The van der Waals surface area contributed by atoms with Crippen molar-refractivity contribution in [2.45, 2.75) is 11.8 Å². The molecule has 3 N–H and O–H groups in total. The molecule has 0 bridgehead atoms. The highest BCUT2D eigenvalue weighted by Crippen LogP contribution is 2.31. The smallest absolute Gasteiger partial charge is 0.294 e. The van der Waals surface area contributed by atoms with Crippen molar-refractivity contribution in [2.75, 3.05) is 5.32 Å². The van der Waals surface area contributed by atoms with E-state index in [1.165, 1.54) is 16.8 Å². The van der Waals surface area contributed by atoms with Crippen LogP contribution in [0.2, 0.25) is 0 Å². The molecule has 0 saturated heterocycles. The van der Waals surface area contributed by atoms with Crippen LogP contribution < -0.4 is 10.5 Å². The molecular formula is C19H16N6O4S. The first-order valence-corrected chi connectivity index (χ1v) is 10.3. The van der Waals surface area contributed by atoms with Gasteiger partial charge in [-0.25, -0.2) is 18.5 Å². The van der Waals surface area contributed by atoms with Crippen LogP contribution in [0, 0.1) is 17.0 Å². The lowest BCUT2D eigenvalue weighted by molar-refractivity contribution is -0.384. The van der Waals surface area contributed by atoms with Gasteiger partial charge in [0.25, 0.3) is 5.69 Å². The van der Waals surface area contributed by atoms with Gasteiger partial charge < -0.3 is 5.32 Å². The van der Waals surface area contributed by atoms with Crippen LogP contribution in [0.4, 0.5) is 17.2 Å². The minimum atomic E-state index is -4.08. The Morgan fingerprint density at radius 2 is 1.87 bits per heavy atom. The van der Waals surface area contributed by atoms with Crippen molar-refractivity contribution in [3.8, 4) is 5.82 Å². The highest BCUT2D eigenvalue weighted by atomic mass is 32.2. The van der Waals surface area contributed by atoms with Crippen LogP contribution >= 0.6 is 0 Å². The van der Waals surface area contributed by atoms with Gasteiger partial charge in [-0.2, -0.15) is 9.78 Å². The zero-order chi connectivity index (χ0) is 21.5. The van der Waals surface area contributed by atoms with Gasteiger partial charge in [0.05, 0.1) is 21.0 Å². The maximum Gasteiger partial charge on any atom is 0.294 e. The summed E-state index contributed by atoms with van der Waals surface area (Å²) in [4.78, 5) is 15.1. The van der Waals surface area contributed by atoms with Crippen LogP contribution in [0.25, 0.3) is 16.7 Å². The molecular weight excluding hydrogens is 408 g/mol. The molecule has 0 saturated carbocycles. The van der Waals surface area contributed by atoms with E-state index in [0.717, 1.165) is 17.0 Å². The number of nitro benzene ring substituents is 1. The third kappa shape index (κ3) is 3.71. The first kappa shape index (κ1) is 19.5. The van der Waals surface area contributed by atoms with Crippen molar-refractivity contribution in [3.05, 3.63) is 76.5 Å². The van der Waals surface area contributed by atoms with E-state index < -0.39 is 20.6 Å². The quantitative estimate of drug-likeness (QED) is 0.370. The van der Waals surface area contributed by atoms with E-state index in [0.29, 0.717) is 17.3 Å². The molecule has 4 rings (SSSR count). The number of primary sulfonamides is 1. The first-order valence-electron chi connectivity index (χ1n) is 8.73. The fourth-order valence-electron chi connectivity index (χ4n) is 3.02. The number of hydrogen-bond donors (Lipinski definition) is 2. The van der Waals surface area contributed by atoms with E-state index >= 15 is 0 Å². The van der Waals surface area contributed by atoms with Gasteiger partial charge in [0.1, 0.15) is 11.5 Å². The van der Waals surface area contributed by atoms with Gasteiger partial charge in [0, 0.05) is 17.5 Å². The van der Waals surface area contributed by atoms with Crippen LogP contribution in [-0.2, 0) is 10.0 Å². The molecule has 30 heavy (non-hydrogen) atoms. The number of hydrogen-bond acceptors (Lipinski definition) is 7. The SMILES string of the molecule is Cc1cc(Nc2ccc(S(N)(=O)=O)cc2[N+](=O)[O-])n(-c2ccc3ccccc3n2)n1. The Hall–Kier alpha value is -3.83. The molecule has 0 aliphatic carbocycles. The first-order chi connectivity index (χ1) is 14.2. The number of aryl methyl sites for hydroxylation is 1. The largest absolute Gasteiger partial charge is 0.334 e. The summed E-state index contributed by atoms with van der Waals surface area (Å²) in [5, 5.41) is 24.9. The molecule has 4 aromatic rings. The number of para-hydroxylation sites is 1. The van der Waals surface area contributed by atoms with Gasteiger partial charge in [-0.1, -0.05) is 18.2 Å². The number of benzene rings is 2. The number of nitrogens with zero attached hydrogens (tertiary/aromatic N) is 4. The van der Waals surface area contributed by atoms with Crippen LogP contribution in [-0.4, -0.2) is 28.1 Å². The molecule has 0 atom stereocenters. The second kappa shape index (κ2) is 7.21. The zero-order valence-electron chi connectivity index (χ0n) is 15.7. The number of aromatic nitrogens is 3. The summed E-state index contributed by atoms with van der Waals surface area (Å²) in [5.74, 6) is 0.954. The van der Waals surface area contributed by atoms with Gasteiger partial charge in [-0.3, -0.25) is 10.1 Å². The van der Waals surface area contributed by atoms with Crippen LogP contribution in [0.15, 0.2) is 65.6 Å². The average Bonchev–Trinajstić information content (AvgIpc) is 3.07. The molecule has 0 spiro atoms. The maximum absolute atomic E-state index is 11.5. The lowest BCUT2D eigenvalue weighted by Crippen LogP contribution is -2.13. The Kier molecular flexibility index (Phi) is 4.68. The van der Waals surface area contributed by atoms with E-state index in [1.54, 1.807) is 19.1 Å². The molecule has 0 unspecified atom stereocenters. The average molecular weight is 424 g/mol. The molecule has 152 valence electrons. The monoisotopic (exact) mass is 424 g/mol. The molecule has 2 heterocycles. The molecule has 0 amide bonds. The number of nitrogens with one attached hydrogen (secondary N) is 1. The summed E-state index contributed by atoms with van der Waals surface area (Å²) in [6.07, 6.45) is 0. The fourth-order valence-corrected chi connectivity index (χ4v) is 3.55. The minimum Gasteiger partial charge on any atom is -0.334 e. The van der Waals surface area contributed by atoms with Crippen molar-refractivity contribution >= 4 is 38.1 Å². The summed E-state index contributed by atoms with van der Waals surface area (Å²) in [7, 11) is -4.08. The van der Waals surface area contributed by atoms with Crippen LogP contribution in [0.5, 0.6) is 0 Å². The number of fused-ring (bicyclic) bond motifs is 1. The van der Waals surface area contributed by atoms with Crippen LogP contribution in [0.1, 0.15) is 5.69 Å². The Labute approximate surface area is 171 Å². The second-order valence-corrected chi connectivity index (χ2v) is 8.11. The standard InChI is InChI=1S/C19H16N6O4S/c1-12-10-19(22-16-8-7-14(30(20,28)29)11-17(16)25(26)27)24(23-12)18-9-6-13-4-2-3-5-15(13)21-18/h2-11,22H,1H3,(H2,20,28,29). The normalized spacial score (nSPS) is 11.5. The van der Waals surface area contributed by atoms with E-state index in [1.807, 2.05) is 30.3 Å². The summed E-state index contributed by atoms with van der Waals surface area (Å²) in [6, 6.07) is 16.4. The lowest BCUT2D eigenvalue weighted by atomic mass is 10.2. The summed E-state index contributed by atoms with van der Waals surface area (Å²) >= 11 is 0. The Morgan fingerprint density at radius 3 is 2.60 bits per heavy atom. The Bertz CT molecular complexity index is 1400. The Balaban J connectivity index is 1.79. The maximum atomic E-state index is 11.5. The molecule has 10 nitrogen and oxygen atoms in total. The fraction of sp³-hybridized carbons (Fsp3) is 0.0526. The van der Waals surface area contributed by atoms with Gasteiger partial charge in [-0.05, 0) is 37.3 Å². The highest BCUT2D eigenvalue weighted by Gasteiger charge is 2.21. The van der Waals surface area contributed by atoms with Crippen molar-refractivity contribution in [1.29, 1.82) is 0 Å². The molecule has 0 aliphatic heterocycles. The topological polar surface area (TPSA) is 146 Å². The summed E-state index contributed by atoms with van der Waals surface area (Å²) < 4.78 is 24.6. The Morgan fingerprint density at radius 1 is 1.10 bits per heavy atom. The predicted octanol–water partition coefficient (Wildman–Crippen LogP) is 3.03. The van der Waals surface area contributed by atoms with Gasteiger partial charge >= 0.3 is 0 Å². The second-order valence-electron chi connectivity index (χ2n) is 6.55. The highest BCUT2D eigenvalue weighted by molar-refractivity contribution is 7.89. The van der Waals surface area contributed by atoms with E-state index in [4.69, 9.17) is 5.14 Å². The van der Waals surface area contributed by atoms with Crippen molar-refractivity contribution in [3.63, 3.8) is 0 Å². The number of nitro groups is 1. The molecule has 0 radical (unpaired) electrons. The van der Waals surface area contributed by atoms with Gasteiger partial charge in [0.2, 0.25) is 10.0 Å². The summed E-state index contributed by atoms with van der Waals surface area (Å²) in [5.41, 5.74) is 1.10. The molecule has 2 aromatic heterocycles. The van der Waals surface area contributed by atoms with Gasteiger partial charge in [0.15, 0.2) is 5.82 Å². The molecule has 11 heteroatoms. The zero-order valence-corrected chi connectivity index (χ0v) is 16.5. The predicted molar refractivity (Wildman–Crippen MR) is 111 cm³/mol. The summed E-state index contributed by atoms with van der Waals surface area (Å²) in [6.45, 7) is 1.78. The van der Waals surface area contributed by atoms with Crippen molar-refractivity contribution in [2.24, 2.45) is 5.14 Å². The number of rotatable bonds is 5.